The highest BCUT2D eigenvalue weighted by molar-refractivity contribution is 5.82. The van der Waals surface area contributed by atoms with E-state index in [-0.39, 0.29) is 25.1 Å². The van der Waals surface area contributed by atoms with Crippen LogP contribution in [0, 0.1) is 6.92 Å². The predicted octanol–water partition coefficient (Wildman–Crippen LogP) is 4.08. The fourth-order valence-electron chi connectivity index (χ4n) is 5.58. The first-order valence-electron chi connectivity index (χ1n) is 15.4. The van der Waals surface area contributed by atoms with Gasteiger partial charge in [0.1, 0.15) is 52.9 Å². The number of aryl methyl sites for hydroxylation is 1. The van der Waals surface area contributed by atoms with Gasteiger partial charge in [0, 0.05) is 50.2 Å². The molecule has 0 aliphatic heterocycles. The van der Waals surface area contributed by atoms with Crippen molar-refractivity contribution < 1.29 is 28.0 Å². The minimum Gasteiger partial charge on any atom is -0.496 e. The fourth-order valence-corrected chi connectivity index (χ4v) is 5.58. The number of hydrogen-bond acceptors (Lipinski definition) is 14. The Kier molecular flexibility index (Phi) is 8.68. The molecule has 4 N–H and O–H groups in total. The van der Waals surface area contributed by atoms with Gasteiger partial charge >= 0.3 is 0 Å². The van der Waals surface area contributed by atoms with Crippen LogP contribution in [-0.2, 0) is 37.5 Å². The second kappa shape index (κ2) is 13.5. The van der Waals surface area contributed by atoms with E-state index in [1.807, 2.05) is 64.8 Å². The van der Waals surface area contributed by atoms with Crippen LogP contribution < -0.4 is 25.7 Å². The zero-order valence-corrected chi connectivity index (χ0v) is 27.1. The van der Waals surface area contributed by atoms with E-state index in [9.17, 15) is 0 Å². The van der Waals surface area contributed by atoms with Gasteiger partial charge in [0.05, 0.1) is 31.3 Å². The molecule has 0 aliphatic rings. The van der Waals surface area contributed by atoms with E-state index >= 15 is 0 Å². The van der Waals surface area contributed by atoms with Crippen LogP contribution in [0.1, 0.15) is 34.0 Å². The number of nitrogen functional groups attached to an aromatic ring is 2. The van der Waals surface area contributed by atoms with Crippen LogP contribution in [-0.4, -0.2) is 60.2 Å². The lowest BCUT2D eigenvalue weighted by atomic mass is 10.1. The summed E-state index contributed by atoms with van der Waals surface area (Å²) in [6.07, 6.45) is 4.31. The topological polar surface area (TPSA) is 202 Å². The van der Waals surface area contributed by atoms with Crippen molar-refractivity contribution in [1.29, 1.82) is 0 Å². The standard InChI is InChI=1S/C33H34N10O6/c1-19-12-22(40-48-19)17-46-31-29-26(37-33(35)39-31)7-9-43(29)16-21-5-4-20(14-27(21)45-3)13-24-15-23(41-49-24)18-47-30-28-25(36-32(34)38-30)6-8-42(28)10-11-44-2/h4-9,12,14-15H,10-11,13,16-18H2,1-3H3,(H2,34,36,38)(H2,35,37,39). The molecular weight excluding hydrogens is 632 g/mol. The van der Waals surface area contributed by atoms with Crippen LogP contribution in [0.3, 0.4) is 0 Å². The normalized spacial score (nSPS) is 11.5. The number of methoxy groups -OCH3 is 2. The number of nitrogens with zero attached hydrogens (tertiary/aromatic N) is 8. The van der Waals surface area contributed by atoms with Crippen LogP contribution in [0.15, 0.2) is 63.9 Å². The van der Waals surface area contributed by atoms with Crippen molar-refractivity contribution in [3.63, 3.8) is 0 Å². The summed E-state index contributed by atoms with van der Waals surface area (Å²) in [5.41, 5.74) is 17.9. The molecule has 0 spiro atoms. The SMILES string of the molecule is COCCn1ccc2nc(N)nc(OCc3cc(Cc4ccc(Cn5ccc6nc(N)nc(OCc7cc(C)on7)c65)c(OC)c4)on3)c21. The molecule has 49 heavy (non-hydrogen) atoms. The van der Waals surface area contributed by atoms with Gasteiger partial charge in [-0.15, -0.1) is 0 Å². The van der Waals surface area contributed by atoms with Crippen molar-refractivity contribution in [3.05, 3.63) is 88.9 Å². The van der Waals surface area contributed by atoms with Crippen molar-refractivity contribution in [2.75, 3.05) is 32.3 Å². The average molecular weight is 667 g/mol. The Bertz CT molecular complexity index is 2240. The molecule has 16 nitrogen and oxygen atoms in total. The third-order valence-electron chi connectivity index (χ3n) is 7.80. The first kappa shape index (κ1) is 31.4. The third kappa shape index (κ3) is 6.80. The highest BCUT2D eigenvalue weighted by atomic mass is 16.5. The minimum atomic E-state index is 0.116. The molecule has 1 aromatic carbocycles. The molecule has 6 heterocycles. The Hall–Kier alpha value is -6.16. The molecule has 252 valence electrons. The number of aromatic nitrogens is 8. The summed E-state index contributed by atoms with van der Waals surface area (Å²) in [7, 11) is 3.29. The molecule has 0 bridgehead atoms. The maximum absolute atomic E-state index is 6.05. The molecule has 0 aliphatic carbocycles. The highest BCUT2D eigenvalue weighted by Gasteiger charge is 2.17. The lowest BCUT2D eigenvalue weighted by Gasteiger charge is -2.13. The van der Waals surface area contributed by atoms with Crippen LogP contribution >= 0.6 is 0 Å². The molecule has 0 amide bonds. The summed E-state index contributed by atoms with van der Waals surface area (Å²) in [5, 5.41) is 8.19. The zero-order valence-electron chi connectivity index (χ0n) is 27.1. The molecule has 16 heteroatoms. The molecule has 7 rings (SSSR count). The van der Waals surface area contributed by atoms with Gasteiger partial charge in [-0.05, 0) is 30.7 Å². The molecule has 0 fully saturated rings. The molecule has 0 saturated carbocycles. The van der Waals surface area contributed by atoms with Crippen molar-refractivity contribution >= 4 is 34.0 Å². The lowest BCUT2D eigenvalue weighted by molar-refractivity contribution is 0.188. The Labute approximate surface area is 279 Å². The Morgan fingerprint density at radius 2 is 1.41 bits per heavy atom. The molecule has 0 saturated heterocycles. The lowest BCUT2D eigenvalue weighted by Crippen LogP contribution is -2.07. The Morgan fingerprint density at radius 3 is 2.06 bits per heavy atom. The highest BCUT2D eigenvalue weighted by Crippen LogP contribution is 2.30. The van der Waals surface area contributed by atoms with Gasteiger partial charge in [-0.3, -0.25) is 0 Å². The molecule has 0 unspecified atom stereocenters. The number of anilines is 2. The predicted molar refractivity (Wildman–Crippen MR) is 177 cm³/mol. The quantitative estimate of drug-likeness (QED) is 0.168. The van der Waals surface area contributed by atoms with Gasteiger partial charge in [-0.2, -0.15) is 9.97 Å². The van der Waals surface area contributed by atoms with Crippen molar-refractivity contribution in [3.8, 4) is 17.5 Å². The van der Waals surface area contributed by atoms with E-state index in [0.29, 0.717) is 83.1 Å². The number of rotatable bonds is 14. The summed E-state index contributed by atoms with van der Waals surface area (Å²) >= 11 is 0. The second-order valence-electron chi connectivity index (χ2n) is 11.3. The van der Waals surface area contributed by atoms with Gasteiger partial charge < -0.3 is 48.6 Å². The molecule has 0 atom stereocenters. The maximum Gasteiger partial charge on any atom is 0.243 e. The number of nitrogens with two attached hydrogens (primary N) is 2. The van der Waals surface area contributed by atoms with Gasteiger partial charge in [-0.1, -0.05) is 22.4 Å². The largest absolute Gasteiger partial charge is 0.496 e. The number of hydrogen-bond donors (Lipinski definition) is 2. The average Bonchev–Trinajstić information content (AvgIpc) is 3.90. The van der Waals surface area contributed by atoms with Crippen LogP contribution in [0.25, 0.3) is 22.1 Å². The van der Waals surface area contributed by atoms with E-state index in [0.717, 1.165) is 16.6 Å². The van der Waals surface area contributed by atoms with Gasteiger partial charge in [-0.25, -0.2) is 9.97 Å². The summed E-state index contributed by atoms with van der Waals surface area (Å²) in [4.78, 5) is 17.4. The van der Waals surface area contributed by atoms with E-state index in [1.54, 1.807) is 20.3 Å². The first-order chi connectivity index (χ1) is 23.9. The first-order valence-corrected chi connectivity index (χ1v) is 15.4. The number of benzene rings is 1. The van der Waals surface area contributed by atoms with Crippen LogP contribution in [0.4, 0.5) is 11.9 Å². The molecule has 0 radical (unpaired) electrons. The van der Waals surface area contributed by atoms with Crippen molar-refractivity contribution in [2.45, 2.75) is 39.6 Å². The maximum atomic E-state index is 6.05. The Morgan fingerprint density at radius 1 is 0.755 bits per heavy atom. The monoisotopic (exact) mass is 666 g/mol. The van der Waals surface area contributed by atoms with Gasteiger partial charge in [0.25, 0.3) is 0 Å². The third-order valence-corrected chi connectivity index (χ3v) is 7.80. The minimum absolute atomic E-state index is 0.116. The van der Waals surface area contributed by atoms with Crippen LogP contribution in [0.2, 0.25) is 0 Å². The number of ether oxygens (including phenoxy) is 4. The number of fused-ring (bicyclic) bond motifs is 2. The van der Waals surface area contributed by atoms with E-state index < -0.39 is 0 Å². The summed E-state index contributed by atoms with van der Waals surface area (Å²) in [6.45, 7) is 3.74. The molecule has 7 aromatic rings. The summed E-state index contributed by atoms with van der Waals surface area (Å²) in [5.74, 6) is 3.02. The Balaban J connectivity index is 1.04. The molecule has 6 aromatic heterocycles. The fraction of sp³-hybridized carbons (Fsp3) is 0.273. The summed E-state index contributed by atoms with van der Waals surface area (Å²) in [6, 6.07) is 13.4. The summed E-state index contributed by atoms with van der Waals surface area (Å²) < 4.78 is 37.8. The zero-order chi connectivity index (χ0) is 33.9. The van der Waals surface area contributed by atoms with Crippen LogP contribution in [0.5, 0.6) is 17.5 Å². The van der Waals surface area contributed by atoms with Gasteiger partial charge in [0.15, 0.2) is 0 Å². The smallest absolute Gasteiger partial charge is 0.243 e. The molecular formula is C33H34N10O6. The van der Waals surface area contributed by atoms with E-state index in [1.165, 1.54) is 0 Å². The van der Waals surface area contributed by atoms with Crippen molar-refractivity contribution in [1.82, 2.24) is 39.4 Å². The van der Waals surface area contributed by atoms with Crippen molar-refractivity contribution in [2.24, 2.45) is 0 Å². The second-order valence-corrected chi connectivity index (χ2v) is 11.3. The van der Waals surface area contributed by atoms with E-state index in [4.69, 9.17) is 39.5 Å². The van der Waals surface area contributed by atoms with E-state index in [2.05, 4.69) is 30.2 Å². The van der Waals surface area contributed by atoms with Gasteiger partial charge in [0.2, 0.25) is 23.7 Å².